The largest absolute Gasteiger partial charge is 0.489 e. The first-order valence-corrected chi connectivity index (χ1v) is 25.8. The van der Waals surface area contributed by atoms with Gasteiger partial charge in [0.2, 0.25) is 11.8 Å². The fourth-order valence-corrected chi connectivity index (χ4v) is 9.52. The van der Waals surface area contributed by atoms with Gasteiger partial charge in [-0.2, -0.15) is 0 Å². The van der Waals surface area contributed by atoms with Crippen molar-refractivity contribution in [2.75, 3.05) is 115 Å². The van der Waals surface area contributed by atoms with E-state index in [-0.39, 0.29) is 77.3 Å². The van der Waals surface area contributed by atoms with Crippen LogP contribution >= 0.6 is 23.2 Å². The van der Waals surface area contributed by atoms with Gasteiger partial charge in [-0.3, -0.25) is 43.9 Å². The molecule has 1 aromatic heterocycles. The van der Waals surface area contributed by atoms with E-state index in [1.807, 2.05) is 4.90 Å². The van der Waals surface area contributed by atoms with Crippen molar-refractivity contribution in [1.82, 2.24) is 30.2 Å². The highest BCUT2D eigenvalue weighted by atomic mass is 35.5. The minimum absolute atomic E-state index is 0.0250. The van der Waals surface area contributed by atoms with Crippen molar-refractivity contribution >= 4 is 75.8 Å². The molecule has 5 N–H and O–H groups in total. The highest BCUT2D eigenvalue weighted by Gasteiger charge is 2.45. The lowest BCUT2D eigenvalue weighted by Crippen LogP contribution is -2.58. The summed E-state index contributed by atoms with van der Waals surface area (Å²) < 4.78 is 47.8. The third-order valence-corrected chi connectivity index (χ3v) is 13.5. The number of ether oxygens (including phenoxy) is 6. The van der Waals surface area contributed by atoms with Crippen LogP contribution in [0.2, 0.25) is 10.0 Å². The van der Waals surface area contributed by atoms with Gasteiger partial charge in [-0.25, -0.2) is 4.39 Å². The number of hydrogen-bond acceptors (Lipinski definition) is 17. The molecule has 3 atom stereocenters. The second kappa shape index (κ2) is 28.1. The van der Waals surface area contributed by atoms with Crippen molar-refractivity contribution in [1.29, 1.82) is 0 Å². The highest BCUT2D eigenvalue weighted by molar-refractivity contribution is 6.36. The van der Waals surface area contributed by atoms with Crippen LogP contribution in [-0.2, 0) is 39.7 Å². The van der Waals surface area contributed by atoms with Crippen molar-refractivity contribution in [3.63, 3.8) is 0 Å². The molecule has 0 bridgehead atoms. The molecular formula is C52H62Cl2FN9O12. The van der Waals surface area contributed by atoms with E-state index in [1.165, 1.54) is 18.2 Å². The van der Waals surface area contributed by atoms with Gasteiger partial charge in [0.15, 0.2) is 17.3 Å². The Morgan fingerprint density at radius 1 is 0.803 bits per heavy atom. The summed E-state index contributed by atoms with van der Waals surface area (Å²) in [6.45, 7) is 10.7. The topological polar surface area (TPSA) is 255 Å². The third-order valence-electron chi connectivity index (χ3n) is 12.8. The maximum atomic E-state index is 13.9. The normalized spacial score (nSPS) is 17.7. The molecule has 0 saturated carbocycles. The number of piperidine rings is 1. The van der Waals surface area contributed by atoms with Crippen LogP contribution in [-0.4, -0.2) is 177 Å². The molecule has 408 valence electrons. The fraction of sp³-hybridized carbons (Fsp3) is 0.462. The predicted molar refractivity (Wildman–Crippen MR) is 278 cm³/mol. The van der Waals surface area contributed by atoms with Crippen molar-refractivity contribution in [3.05, 3.63) is 104 Å². The van der Waals surface area contributed by atoms with Gasteiger partial charge in [0.25, 0.3) is 23.6 Å². The number of piperazine rings is 1. The number of imide groups is 2. The number of hydrogen-bond donors (Lipinski definition) is 4. The quantitative estimate of drug-likeness (QED) is 0.0335. The Balaban J connectivity index is 0.678. The number of rotatable bonds is 28. The first-order valence-electron chi connectivity index (χ1n) is 25.0. The van der Waals surface area contributed by atoms with Crippen molar-refractivity contribution in [2.45, 2.75) is 57.7 Å². The lowest BCUT2D eigenvalue weighted by Gasteiger charge is -2.44. The van der Waals surface area contributed by atoms with Gasteiger partial charge in [-0.1, -0.05) is 29.3 Å². The molecule has 0 spiro atoms. The van der Waals surface area contributed by atoms with Crippen molar-refractivity contribution < 1.29 is 61.6 Å². The molecule has 3 aromatic carbocycles. The van der Waals surface area contributed by atoms with E-state index in [4.69, 9.17) is 57.4 Å². The Morgan fingerprint density at radius 2 is 1.45 bits per heavy atom. The summed E-state index contributed by atoms with van der Waals surface area (Å²) in [5.74, 6) is -3.42. The van der Waals surface area contributed by atoms with E-state index in [0.717, 1.165) is 17.9 Å². The first-order chi connectivity index (χ1) is 36.7. The van der Waals surface area contributed by atoms with Crippen LogP contribution in [0.25, 0.3) is 0 Å². The molecule has 4 aromatic rings. The van der Waals surface area contributed by atoms with Gasteiger partial charge in [-0.05, 0) is 80.8 Å². The van der Waals surface area contributed by atoms with Gasteiger partial charge in [-0.15, -0.1) is 10.2 Å². The predicted octanol–water partition coefficient (Wildman–Crippen LogP) is 4.90. The maximum Gasteiger partial charge on any atom is 0.276 e. The fourth-order valence-electron chi connectivity index (χ4n) is 8.96. The van der Waals surface area contributed by atoms with Crippen LogP contribution in [0.5, 0.6) is 5.75 Å². The minimum atomic E-state index is -1.03. The molecule has 24 heteroatoms. The summed E-state index contributed by atoms with van der Waals surface area (Å²) in [6.07, 6.45) is 1.14. The standard InChI is InChI=1S/C52H62Cl2FN9O12/c1-32-30-62(50(68)34-7-9-35(10-8-34)58-48(66)41-29-43(47(56)61-60-41)76-19-15-36-38(53)11-12-39(55)46(36)54)31-33(2)63(32)17-4-18-71-21-23-73-25-27-75-28-26-74-24-22-72-20-16-57-40-6-3-5-37-45(40)52(70)64(51(37)69)42-13-14-44(65)59-49(42)67/h3,5-12,29,32-33,42,57H,4,13-28,30-31H2,1-2H3,(H2,56,61)(H,58,66)(H,59,65,67)/t32-,33+,42-/m1/s1. The Kier molecular flexibility index (Phi) is 21.2. The zero-order valence-electron chi connectivity index (χ0n) is 42.3. The maximum absolute atomic E-state index is 13.9. The number of nitrogens with two attached hydrogens (primary N) is 1. The number of benzene rings is 3. The number of nitrogen functional groups attached to an aromatic ring is 1. The molecular weight excluding hydrogens is 1030 g/mol. The third kappa shape index (κ3) is 15.2. The molecule has 2 saturated heterocycles. The molecule has 0 aliphatic carbocycles. The number of halogens is 3. The Labute approximate surface area is 449 Å². The van der Waals surface area contributed by atoms with E-state index >= 15 is 0 Å². The van der Waals surface area contributed by atoms with Gasteiger partial charge < -0.3 is 49.7 Å². The van der Waals surface area contributed by atoms with Gasteiger partial charge >= 0.3 is 0 Å². The number of anilines is 3. The summed E-state index contributed by atoms with van der Waals surface area (Å²) in [4.78, 5) is 82.0. The molecule has 3 aliphatic rings. The van der Waals surface area contributed by atoms with Crippen LogP contribution in [0, 0.1) is 5.82 Å². The van der Waals surface area contributed by atoms with Crippen LogP contribution in [0.3, 0.4) is 0 Å². The summed E-state index contributed by atoms with van der Waals surface area (Å²) in [5, 5.41) is 16.0. The number of carbonyl (C=O) groups excluding carboxylic acids is 6. The number of carbonyl (C=O) groups is 6. The molecule has 4 heterocycles. The summed E-state index contributed by atoms with van der Waals surface area (Å²) in [6, 6.07) is 14.7. The summed E-state index contributed by atoms with van der Waals surface area (Å²) in [5.41, 5.74) is 8.04. The Bertz CT molecular complexity index is 2700. The summed E-state index contributed by atoms with van der Waals surface area (Å²) >= 11 is 12.2. The molecule has 2 fully saturated rings. The van der Waals surface area contributed by atoms with E-state index < -0.39 is 41.4 Å². The lowest BCUT2D eigenvalue weighted by atomic mass is 10.0. The number of amides is 6. The zero-order chi connectivity index (χ0) is 54.1. The van der Waals surface area contributed by atoms with Crippen LogP contribution in [0.4, 0.5) is 21.6 Å². The molecule has 0 radical (unpaired) electrons. The van der Waals surface area contributed by atoms with E-state index in [2.05, 4.69) is 44.9 Å². The average molecular weight is 1100 g/mol. The van der Waals surface area contributed by atoms with E-state index in [0.29, 0.717) is 113 Å². The van der Waals surface area contributed by atoms with Crippen LogP contribution in [0.1, 0.15) is 80.2 Å². The smallest absolute Gasteiger partial charge is 0.276 e. The highest BCUT2D eigenvalue weighted by Crippen LogP contribution is 2.33. The second-order valence-corrected chi connectivity index (χ2v) is 18.9. The van der Waals surface area contributed by atoms with Crippen molar-refractivity contribution in [2.24, 2.45) is 0 Å². The Morgan fingerprint density at radius 3 is 2.11 bits per heavy atom. The number of nitrogens with one attached hydrogen (secondary N) is 3. The molecule has 0 unspecified atom stereocenters. The van der Waals surface area contributed by atoms with Crippen LogP contribution in [0.15, 0.2) is 60.7 Å². The molecule has 21 nitrogen and oxygen atoms in total. The van der Waals surface area contributed by atoms with Gasteiger partial charge in [0.05, 0.1) is 82.2 Å². The number of fused-ring (bicyclic) bond motifs is 1. The number of aromatic nitrogens is 2. The zero-order valence-corrected chi connectivity index (χ0v) is 43.8. The van der Waals surface area contributed by atoms with Crippen LogP contribution < -0.4 is 26.4 Å². The monoisotopic (exact) mass is 1090 g/mol. The second-order valence-electron chi connectivity index (χ2n) is 18.1. The molecule has 76 heavy (non-hydrogen) atoms. The number of nitrogens with zero attached hydrogens (tertiary/aromatic N) is 5. The molecule has 6 amide bonds. The van der Waals surface area contributed by atoms with E-state index in [1.54, 1.807) is 42.5 Å². The van der Waals surface area contributed by atoms with Crippen molar-refractivity contribution in [3.8, 4) is 5.75 Å². The molecule has 3 aliphatic heterocycles. The lowest BCUT2D eigenvalue weighted by molar-refractivity contribution is -0.136. The Hall–Kier alpha value is -6.37. The van der Waals surface area contributed by atoms with Gasteiger partial charge in [0.1, 0.15) is 11.9 Å². The SMILES string of the molecule is C[C@@H]1CN(C(=O)c2ccc(NC(=O)c3cc(OCCc4c(Cl)ccc(F)c4Cl)c(N)nn3)cc2)C[C@H](C)N1CCCOCCOCCOCCOCCOCCNc1cccc2c1C(=O)N([C@@H]1CCC(=O)NC1=O)C2=O. The first kappa shape index (κ1) is 57.3. The van der Waals surface area contributed by atoms with E-state index in [9.17, 15) is 33.2 Å². The summed E-state index contributed by atoms with van der Waals surface area (Å²) in [7, 11) is 0. The minimum Gasteiger partial charge on any atom is -0.489 e. The average Bonchev–Trinajstić information content (AvgIpc) is 3.68. The molecule has 7 rings (SSSR count). The van der Waals surface area contributed by atoms with Gasteiger partial charge in [0, 0.05) is 85.7 Å².